The van der Waals surface area contributed by atoms with Crippen LogP contribution in [0, 0.1) is 0 Å². The highest BCUT2D eigenvalue weighted by Gasteiger charge is 2.38. The van der Waals surface area contributed by atoms with Crippen molar-refractivity contribution in [3.63, 3.8) is 0 Å². The topological polar surface area (TPSA) is 34.6 Å². The highest BCUT2D eigenvalue weighted by Crippen LogP contribution is 2.34. The molecular formula is C17H19BrN2O2. The summed E-state index contributed by atoms with van der Waals surface area (Å²) in [5, 5.41) is 1.20. The van der Waals surface area contributed by atoms with Gasteiger partial charge in [-0.3, -0.25) is 4.98 Å². The fourth-order valence-corrected chi connectivity index (χ4v) is 3.83. The summed E-state index contributed by atoms with van der Waals surface area (Å²) < 4.78 is 12.7. The Morgan fingerprint density at radius 2 is 2.00 bits per heavy atom. The highest BCUT2D eigenvalue weighted by atomic mass is 79.9. The van der Waals surface area contributed by atoms with Gasteiger partial charge in [-0.1, -0.05) is 15.9 Å². The van der Waals surface area contributed by atoms with Crippen LogP contribution in [0.5, 0.6) is 0 Å². The van der Waals surface area contributed by atoms with Crippen molar-refractivity contribution >= 4 is 32.5 Å². The molecule has 3 heterocycles. The summed E-state index contributed by atoms with van der Waals surface area (Å²) in [5.41, 5.74) is 2.24. The van der Waals surface area contributed by atoms with Crippen molar-refractivity contribution in [1.29, 1.82) is 0 Å². The standard InChI is InChI=1S/C17H19BrN2O2/c18-13-1-2-14-15(11-13)19-6-3-16(14)20-7-10-22-17(12-20)4-8-21-9-5-17/h1-3,6,11H,4-5,7-10,12H2. The molecule has 0 N–H and O–H groups in total. The third kappa shape index (κ3) is 2.62. The minimum absolute atomic E-state index is 0.0402. The molecule has 2 saturated heterocycles. The number of aromatic nitrogens is 1. The first-order valence-corrected chi connectivity index (χ1v) is 8.56. The number of morpholine rings is 1. The molecule has 2 aliphatic rings. The zero-order chi connectivity index (χ0) is 15.0. The molecule has 0 saturated carbocycles. The Balaban J connectivity index is 1.69. The van der Waals surface area contributed by atoms with Gasteiger partial charge >= 0.3 is 0 Å². The molecule has 2 fully saturated rings. The van der Waals surface area contributed by atoms with Crippen LogP contribution in [0.1, 0.15) is 12.8 Å². The van der Waals surface area contributed by atoms with Gasteiger partial charge in [0.15, 0.2) is 0 Å². The quantitative estimate of drug-likeness (QED) is 0.778. The van der Waals surface area contributed by atoms with Crippen LogP contribution in [0.2, 0.25) is 0 Å². The highest BCUT2D eigenvalue weighted by molar-refractivity contribution is 9.10. The minimum Gasteiger partial charge on any atom is -0.381 e. The number of rotatable bonds is 1. The summed E-state index contributed by atoms with van der Waals surface area (Å²) in [6.07, 6.45) is 3.87. The Kier molecular flexibility index (Phi) is 3.80. The van der Waals surface area contributed by atoms with Gasteiger partial charge in [0.1, 0.15) is 0 Å². The summed E-state index contributed by atoms with van der Waals surface area (Å²) in [4.78, 5) is 6.94. The molecule has 0 unspecified atom stereocenters. The number of anilines is 1. The molecule has 2 aliphatic heterocycles. The van der Waals surface area contributed by atoms with Gasteiger partial charge in [-0.05, 0) is 24.3 Å². The van der Waals surface area contributed by atoms with Crippen molar-refractivity contribution in [1.82, 2.24) is 4.98 Å². The molecule has 0 radical (unpaired) electrons. The van der Waals surface area contributed by atoms with E-state index < -0.39 is 0 Å². The second-order valence-corrected chi connectivity index (χ2v) is 6.97. The van der Waals surface area contributed by atoms with Gasteiger partial charge in [-0.25, -0.2) is 0 Å². The smallest absolute Gasteiger partial charge is 0.0901 e. The van der Waals surface area contributed by atoms with Crippen LogP contribution in [0.3, 0.4) is 0 Å². The monoisotopic (exact) mass is 362 g/mol. The van der Waals surface area contributed by atoms with Gasteiger partial charge in [0.25, 0.3) is 0 Å². The number of hydrogen-bond acceptors (Lipinski definition) is 4. The van der Waals surface area contributed by atoms with Gasteiger partial charge in [0.05, 0.1) is 17.7 Å². The maximum absolute atomic E-state index is 6.14. The summed E-state index contributed by atoms with van der Waals surface area (Å²) in [6.45, 7) is 4.25. The third-order valence-electron chi connectivity index (χ3n) is 4.67. The van der Waals surface area contributed by atoms with Crippen molar-refractivity contribution in [2.45, 2.75) is 18.4 Å². The maximum Gasteiger partial charge on any atom is 0.0901 e. The van der Waals surface area contributed by atoms with E-state index in [9.17, 15) is 0 Å². The lowest BCUT2D eigenvalue weighted by atomic mass is 9.91. The molecule has 2 aromatic rings. The zero-order valence-corrected chi connectivity index (χ0v) is 14.0. The van der Waals surface area contributed by atoms with E-state index in [-0.39, 0.29) is 5.60 Å². The summed E-state index contributed by atoms with van der Waals surface area (Å²) in [5.74, 6) is 0. The number of nitrogens with zero attached hydrogens (tertiary/aromatic N) is 2. The fraction of sp³-hybridized carbons (Fsp3) is 0.471. The van der Waals surface area contributed by atoms with Gasteiger partial charge < -0.3 is 14.4 Å². The lowest BCUT2D eigenvalue weighted by Crippen LogP contribution is -2.54. The third-order valence-corrected chi connectivity index (χ3v) is 5.17. The number of ether oxygens (including phenoxy) is 2. The number of pyridine rings is 1. The normalized spacial score (nSPS) is 21.4. The lowest BCUT2D eigenvalue weighted by molar-refractivity contribution is -0.116. The molecule has 1 spiro atoms. The van der Waals surface area contributed by atoms with E-state index in [0.717, 1.165) is 55.7 Å². The summed E-state index contributed by atoms with van der Waals surface area (Å²) >= 11 is 3.52. The molecule has 1 aromatic carbocycles. The van der Waals surface area contributed by atoms with E-state index in [4.69, 9.17) is 9.47 Å². The van der Waals surface area contributed by atoms with Crippen LogP contribution in [0.25, 0.3) is 10.9 Å². The van der Waals surface area contributed by atoms with Crippen LogP contribution in [-0.2, 0) is 9.47 Å². The van der Waals surface area contributed by atoms with Crippen LogP contribution < -0.4 is 4.90 Å². The number of halogens is 1. The minimum atomic E-state index is -0.0402. The SMILES string of the molecule is Brc1ccc2c(N3CCOC4(CCOCC4)C3)ccnc2c1. The molecule has 5 heteroatoms. The Morgan fingerprint density at radius 3 is 2.86 bits per heavy atom. The van der Waals surface area contributed by atoms with Gasteiger partial charge in [0, 0.05) is 60.9 Å². The van der Waals surface area contributed by atoms with E-state index >= 15 is 0 Å². The van der Waals surface area contributed by atoms with Crippen LogP contribution in [0.15, 0.2) is 34.9 Å². The van der Waals surface area contributed by atoms with E-state index in [1.54, 1.807) is 0 Å². The molecule has 0 amide bonds. The number of benzene rings is 1. The second kappa shape index (κ2) is 5.80. The van der Waals surface area contributed by atoms with E-state index in [2.05, 4.69) is 50.1 Å². The molecule has 1 aromatic heterocycles. The molecule has 0 aliphatic carbocycles. The molecule has 22 heavy (non-hydrogen) atoms. The number of hydrogen-bond donors (Lipinski definition) is 0. The Morgan fingerprint density at radius 1 is 1.14 bits per heavy atom. The lowest BCUT2D eigenvalue weighted by Gasteiger charge is -2.45. The first kappa shape index (κ1) is 14.4. The second-order valence-electron chi connectivity index (χ2n) is 6.06. The molecule has 4 nitrogen and oxygen atoms in total. The summed E-state index contributed by atoms with van der Waals surface area (Å²) in [7, 11) is 0. The van der Waals surface area contributed by atoms with Crippen molar-refractivity contribution in [2.75, 3.05) is 37.8 Å². The van der Waals surface area contributed by atoms with Gasteiger partial charge in [-0.2, -0.15) is 0 Å². The van der Waals surface area contributed by atoms with Crippen molar-refractivity contribution < 1.29 is 9.47 Å². The largest absolute Gasteiger partial charge is 0.381 e. The first-order chi connectivity index (χ1) is 10.8. The molecule has 0 atom stereocenters. The predicted molar refractivity (Wildman–Crippen MR) is 90.4 cm³/mol. The predicted octanol–water partition coefficient (Wildman–Crippen LogP) is 3.38. The maximum atomic E-state index is 6.14. The van der Waals surface area contributed by atoms with Gasteiger partial charge in [-0.15, -0.1) is 0 Å². The molecular weight excluding hydrogens is 344 g/mol. The zero-order valence-electron chi connectivity index (χ0n) is 12.4. The Bertz CT molecular complexity index is 680. The Labute approximate surface area is 138 Å². The number of fused-ring (bicyclic) bond motifs is 1. The Hall–Kier alpha value is -1.17. The van der Waals surface area contributed by atoms with Crippen LogP contribution in [0.4, 0.5) is 5.69 Å². The van der Waals surface area contributed by atoms with E-state index in [1.807, 2.05) is 6.20 Å². The average molecular weight is 363 g/mol. The average Bonchev–Trinajstić information content (AvgIpc) is 2.55. The molecule has 4 rings (SSSR count). The van der Waals surface area contributed by atoms with Crippen LogP contribution in [-0.4, -0.2) is 43.5 Å². The van der Waals surface area contributed by atoms with Crippen molar-refractivity contribution in [2.24, 2.45) is 0 Å². The van der Waals surface area contributed by atoms with Gasteiger partial charge in [0.2, 0.25) is 0 Å². The van der Waals surface area contributed by atoms with E-state index in [1.165, 1.54) is 11.1 Å². The summed E-state index contributed by atoms with van der Waals surface area (Å²) in [6, 6.07) is 8.42. The van der Waals surface area contributed by atoms with E-state index in [0.29, 0.717) is 0 Å². The molecule has 0 bridgehead atoms. The molecule has 116 valence electrons. The van der Waals surface area contributed by atoms with Crippen LogP contribution >= 0.6 is 15.9 Å². The first-order valence-electron chi connectivity index (χ1n) is 7.77. The fourth-order valence-electron chi connectivity index (χ4n) is 3.48. The van der Waals surface area contributed by atoms with Crippen molar-refractivity contribution in [3.05, 3.63) is 34.9 Å². The van der Waals surface area contributed by atoms with Crippen molar-refractivity contribution in [3.8, 4) is 0 Å².